The van der Waals surface area contributed by atoms with E-state index in [1.54, 1.807) is 23.2 Å². The fourth-order valence-electron chi connectivity index (χ4n) is 3.04. The fraction of sp³-hybridized carbons (Fsp3) is 0.294. The summed E-state index contributed by atoms with van der Waals surface area (Å²) in [7, 11) is 0. The molecule has 1 saturated carbocycles. The Balaban J connectivity index is 1.98. The van der Waals surface area contributed by atoms with E-state index < -0.39 is 4.92 Å². The van der Waals surface area contributed by atoms with Crippen molar-refractivity contribution in [3.8, 4) is 0 Å². The van der Waals surface area contributed by atoms with Crippen LogP contribution in [0.3, 0.4) is 0 Å². The molecule has 1 heterocycles. The molecule has 0 radical (unpaired) electrons. The highest BCUT2D eigenvalue weighted by Crippen LogP contribution is 2.31. The predicted octanol–water partition coefficient (Wildman–Crippen LogP) is 4.23. The molecule has 1 aliphatic rings. The maximum atomic E-state index is 13.1. The molecule has 0 aliphatic heterocycles. The van der Waals surface area contributed by atoms with Gasteiger partial charge in [-0.25, -0.2) is 4.98 Å². The molecular formula is C17H16ClN3O3. The van der Waals surface area contributed by atoms with Gasteiger partial charge in [0.2, 0.25) is 0 Å². The summed E-state index contributed by atoms with van der Waals surface area (Å²) in [6.07, 6.45) is 5.59. The van der Waals surface area contributed by atoms with Crippen molar-refractivity contribution in [2.24, 2.45) is 0 Å². The molecule has 2 aromatic rings. The standard InChI is InChI=1S/C17H16ClN3O3/c18-15-11-13(21(23)24)8-9-14(15)17(22)20(12-5-1-2-6-12)16-7-3-4-10-19-16/h3-4,7-12H,1-2,5-6H2. The second kappa shape index (κ2) is 6.97. The summed E-state index contributed by atoms with van der Waals surface area (Å²) < 4.78 is 0. The van der Waals surface area contributed by atoms with Gasteiger partial charge in [0, 0.05) is 24.4 Å². The lowest BCUT2D eigenvalue weighted by Crippen LogP contribution is -2.39. The molecule has 1 fully saturated rings. The van der Waals surface area contributed by atoms with Crippen LogP contribution < -0.4 is 4.90 Å². The van der Waals surface area contributed by atoms with Gasteiger partial charge in [-0.05, 0) is 31.0 Å². The average molecular weight is 346 g/mol. The number of non-ortho nitro benzene ring substituents is 1. The van der Waals surface area contributed by atoms with Gasteiger partial charge in [-0.15, -0.1) is 0 Å². The molecule has 124 valence electrons. The molecule has 0 spiro atoms. The number of carbonyl (C=O) groups excluding carboxylic acids is 1. The minimum atomic E-state index is -0.534. The van der Waals surface area contributed by atoms with Crippen molar-refractivity contribution in [1.82, 2.24) is 4.98 Å². The molecule has 0 saturated heterocycles. The Labute approximate surface area is 144 Å². The highest BCUT2D eigenvalue weighted by atomic mass is 35.5. The molecule has 1 amide bonds. The van der Waals surface area contributed by atoms with Gasteiger partial charge in [0.25, 0.3) is 11.6 Å². The number of amides is 1. The minimum Gasteiger partial charge on any atom is -0.290 e. The SMILES string of the molecule is O=C(c1ccc([N+](=O)[O-])cc1Cl)N(c1ccccn1)C1CCCC1. The number of anilines is 1. The number of nitro groups is 1. The van der Waals surface area contributed by atoms with Crippen LogP contribution in [0.5, 0.6) is 0 Å². The minimum absolute atomic E-state index is 0.0682. The zero-order valence-corrected chi connectivity index (χ0v) is 13.6. The number of benzene rings is 1. The molecule has 3 rings (SSSR count). The predicted molar refractivity (Wildman–Crippen MR) is 91.4 cm³/mol. The number of nitrogens with zero attached hydrogens (tertiary/aromatic N) is 3. The van der Waals surface area contributed by atoms with E-state index >= 15 is 0 Å². The van der Waals surface area contributed by atoms with Crippen LogP contribution in [0.2, 0.25) is 5.02 Å². The van der Waals surface area contributed by atoms with Crippen molar-refractivity contribution in [3.63, 3.8) is 0 Å². The van der Waals surface area contributed by atoms with Gasteiger partial charge in [0.1, 0.15) is 5.82 Å². The first kappa shape index (κ1) is 16.4. The molecule has 6 nitrogen and oxygen atoms in total. The van der Waals surface area contributed by atoms with Gasteiger partial charge in [0.05, 0.1) is 15.5 Å². The van der Waals surface area contributed by atoms with E-state index in [0.717, 1.165) is 25.7 Å². The highest BCUT2D eigenvalue weighted by Gasteiger charge is 2.31. The first-order valence-corrected chi connectivity index (χ1v) is 8.14. The van der Waals surface area contributed by atoms with Crippen molar-refractivity contribution in [3.05, 3.63) is 63.3 Å². The summed E-state index contributed by atoms with van der Waals surface area (Å²) in [5, 5.41) is 10.9. The van der Waals surface area contributed by atoms with E-state index in [2.05, 4.69) is 4.98 Å². The first-order valence-electron chi connectivity index (χ1n) is 7.76. The second-order valence-electron chi connectivity index (χ2n) is 5.72. The van der Waals surface area contributed by atoms with E-state index in [0.29, 0.717) is 5.82 Å². The number of hydrogen-bond donors (Lipinski definition) is 0. The molecule has 24 heavy (non-hydrogen) atoms. The normalized spacial score (nSPS) is 14.5. The zero-order chi connectivity index (χ0) is 17.1. The van der Waals surface area contributed by atoms with E-state index in [1.165, 1.54) is 18.2 Å². The van der Waals surface area contributed by atoms with Gasteiger partial charge in [-0.2, -0.15) is 0 Å². The molecular weight excluding hydrogens is 330 g/mol. The summed E-state index contributed by atoms with van der Waals surface area (Å²) in [6.45, 7) is 0. The number of rotatable bonds is 4. The number of carbonyl (C=O) groups is 1. The van der Waals surface area contributed by atoms with Gasteiger partial charge in [-0.1, -0.05) is 30.5 Å². The van der Waals surface area contributed by atoms with Gasteiger partial charge in [0.15, 0.2) is 0 Å². The molecule has 1 aliphatic carbocycles. The third-order valence-corrected chi connectivity index (χ3v) is 4.51. The fourth-order valence-corrected chi connectivity index (χ4v) is 3.29. The molecule has 0 atom stereocenters. The molecule has 1 aromatic heterocycles. The number of pyridine rings is 1. The summed E-state index contributed by atoms with van der Waals surface area (Å²) in [5.41, 5.74) is 0.113. The molecule has 0 bridgehead atoms. The van der Waals surface area contributed by atoms with Gasteiger partial charge in [-0.3, -0.25) is 19.8 Å². The molecule has 7 heteroatoms. The van der Waals surface area contributed by atoms with Crippen molar-refractivity contribution in [2.45, 2.75) is 31.7 Å². The third kappa shape index (κ3) is 3.23. The van der Waals surface area contributed by atoms with E-state index in [4.69, 9.17) is 11.6 Å². The lowest BCUT2D eigenvalue weighted by molar-refractivity contribution is -0.384. The number of nitro benzene ring substituents is 1. The lowest BCUT2D eigenvalue weighted by Gasteiger charge is -2.28. The van der Waals surface area contributed by atoms with E-state index in [9.17, 15) is 14.9 Å². The Bertz CT molecular complexity index is 761. The zero-order valence-electron chi connectivity index (χ0n) is 12.9. The van der Waals surface area contributed by atoms with Crippen LogP contribution in [-0.2, 0) is 0 Å². The summed E-state index contributed by atoms with van der Waals surface area (Å²) >= 11 is 6.13. The van der Waals surface area contributed by atoms with Crippen LogP contribution in [0.4, 0.5) is 11.5 Å². The van der Waals surface area contributed by atoms with Gasteiger partial charge < -0.3 is 0 Å². The van der Waals surface area contributed by atoms with Crippen molar-refractivity contribution in [2.75, 3.05) is 4.90 Å². The Morgan fingerprint density at radius 1 is 1.25 bits per heavy atom. The first-order chi connectivity index (χ1) is 11.6. The Hall–Kier alpha value is -2.47. The van der Waals surface area contributed by atoms with Crippen molar-refractivity contribution >= 4 is 29.0 Å². The lowest BCUT2D eigenvalue weighted by atomic mass is 10.1. The maximum Gasteiger partial charge on any atom is 0.270 e. The monoisotopic (exact) mass is 345 g/mol. The summed E-state index contributed by atoms with van der Waals surface area (Å²) in [5.74, 6) is 0.296. The molecule has 0 unspecified atom stereocenters. The van der Waals surface area contributed by atoms with Crippen LogP contribution in [0.1, 0.15) is 36.0 Å². The largest absolute Gasteiger partial charge is 0.290 e. The van der Waals surface area contributed by atoms with Crippen molar-refractivity contribution < 1.29 is 9.72 Å². The second-order valence-corrected chi connectivity index (χ2v) is 6.13. The number of hydrogen-bond acceptors (Lipinski definition) is 4. The third-order valence-electron chi connectivity index (χ3n) is 4.20. The van der Waals surface area contributed by atoms with Crippen LogP contribution in [-0.4, -0.2) is 21.9 Å². The highest BCUT2D eigenvalue weighted by molar-refractivity contribution is 6.34. The van der Waals surface area contributed by atoms with E-state index in [1.807, 2.05) is 6.07 Å². The summed E-state index contributed by atoms with van der Waals surface area (Å²) in [4.78, 5) is 29.3. The Kier molecular flexibility index (Phi) is 4.76. The number of halogens is 1. The Morgan fingerprint density at radius 2 is 2.00 bits per heavy atom. The quantitative estimate of drug-likeness (QED) is 0.613. The Morgan fingerprint density at radius 3 is 2.58 bits per heavy atom. The smallest absolute Gasteiger partial charge is 0.270 e. The van der Waals surface area contributed by atoms with Crippen LogP contribution in [0.15, 0.2) is 42.6 Å². The topological polar surface area (TPSA) is 76.3 Å². The molecule has 1 aromatic carbocycles. The number of aromatic nitrogens is 1. The summed E-state index contributed by atoms with van der Waals surface area (Å²) in [6, 6.07) is 9.39. The maximum absolute atomic E-state index is 13.1. The average Bonchev–Trinajstić information content (AvgIpc) is 3.10. The van der Waals surface area contributed by atoms with Crippen LogP contribution in [0, 0.1) is 10.1 Å². The van der Waals surface area contributed by atoms with Gasteiger partial charge >= 0.3 is 0 Å². The molecule has 0 N–H and O–H groups in total. The van der Waals surface area contributed by atoms with Crippen LogP contribution in [0.25, 0.3) is 0 Å². The van der Waals surface area contributed by atoms with E-state index in [-0.39, 0.29) is 28.2 Å². The van der Waals surface area contributed by atoms with Crippen molar-refractivity contribution in [1.29, 1.82) is 0 Å². The van der Waals surface area contributed by atoms with Crippen LogP contribution >= 0.6 is 11.6 Å².